The van der Waals surface area contributed by atoms with E-state index in [2.05, 4.69) is 26.3 Å². The Morgan fingerprint density at radius 3 is 2.33 bits per heavy atom. The van der Waals surface area contributed by atoms with Gasteiger partial charge in [0, 0.05) is 6.42 Å². The minimum atomic E-state index is -1.24. The van der Waals surface area contributed by atoms with E-state index in [0.29, 0.717) is 0 Å². The van der Waals surface area contributed by atoms with E-state index >= 15 is 0 Å². The van der Waals surface area contributed by atoms with Crippen LogP contribution < -0.4 is 32.7 Å². The molecule has 2 rings (SSSR count). The predicted octanol–water partition coefficient (Wildman–Crippen LogP) is -3.47. The van der Waals surface area contributed by atoms with Crippen molar-refractivity contribution in [3.05, 3.63) is 0 Å². The molecule has 220 valence electrons. The summed E-state index contributed by atoms with van der Waals surface area (Å²) in [5, 5.41) is 40.8. The van der Waals surface area contributed by atoms with Crippen LogP contribution >= 0.6 is 0 Å². The van der Waals surface area contributed by atoms with Crippen LogP contribution in [-0.4, -0.2) is 111 Å². The Kier molecular flexibility index (Phi) is 11.0. The lowest BCUT2D eigenvalue weighted by Gasteiger charge is -2.36. The molecule has 0 aromatic heterocycles. The molecule has 0 aliphatic carbocycles. The summed E-state index contributed by atoms with van der Waals surface area (Å²) in [6.45, 7) is 6.32. The van der Waals surface area contributed by atoms with Crippen molar-refractivity contribution in [2.45, 2.75) is 95.4 Å². The van der Waals surface area contributed by atoms with E-state index in [9.17, 15) is 39.3 Å². The Morgan fingerprint density at radius 1 is 1.15 bits per heavy atom. The lowest BCUT2D eigenvalue weighted by atomic mass is 9.93. The summed E-state index contributed by atoms with van der Waals surface area (Å²) in [6.07, 6.45) is -2.37. The second-order valence-electron chi connectivity index (χ2n) is 10.3. The molecular formula is C23H40N8O8. The second-order valence-corrected chi connectivity index (χ2v) is 10.3. The van der Waals surface area contributed by atoms with Gasteiger partial charge in [0.15, 0.2) is 5.96 Å². The fourth-order valence-corrected chi connectivity index (χ4v) is 4.42. The van der Waals surface area contributed by atoms with Gasteiger partial charge in [-0.05, 0) is 32.6 Å². The van der Waals surface area contributed by atoms with Gasteiger partial charge in [-0.25, -0.2) is 14.6 Å². The van der Waals surface area contributed by atoms with Crippen molar-refractivity contribution in [3.8, 4) is 0 Å². The van der Waals surface area contributed by atoms with E-state index in [1.54, 1.807) is 20.8 Å². The molecule has 0 spiro atoms. The van der Waals surface area contributed by atoms with Crippen LogP contribution in [0, 0.1) is 5.92 Å². The third-order valence-electron chi connectivity index (χ3n) is 6.80. The molecule has 5 unspecified atom stereocenters. The highest BCUT2D eigenvalue weighted by atomic mass is 16.4. The molecule has 39 heavy (non-hydrogen) atoms. The van der Waals surface area contributed by atoms with Crippen molar-refractivity contribution in [1.29, 1.82) is 0 Å². The van der Waals surface area contributed by atoms with Crippen LogP contribution in [0.5, 0.6) is 0 Å². The molecule has 2 aliphatic heterocycles. The molecule has 0 radical (unpaired) electrons. The number of carbonyl (C=O) groups excluding carboxylic acids is 4. The maximum Gasteiger partial charge on any atom is 0.326 e. The van der Waals surface area contributed by atoms with E-state index in [0.717, 1.165) is 4.90 Å². The fourth-order valence-electron chi connectivity index (χ4n) is 4.42. The summed E-state index contributed by atoms with van der Waals surface area (Å²) < 4.78 is 0. The summed E-state index contributed by atoms with van der Waals surface area (Å²) in [7, 11) is 0. The number of carbonyl (C=O) groups is 5. The summed E-state index contributed by atoms with van der Waals surface area (Å²) in [6, 6.07) is -5.99. The molecule has 5 amide bonds. The zero-order chi connectivity index (χ0) is 29.6. The van der Waals surface area contributed by atoms with E-state index in [-0.39, 0.29) is 43.6 Å². The minimum absolute atomic E-state index is 0.00211. The number of nitrogens with zero attached hydrogens (tertiary/aromatic N) is 2. The molecule has 2 heterocycles. The van der Waals surface area contributed by atoms with Gasteiger partial charge in [0.25, 0.3) is 0 Å². The number of carboxylic acid groups (broad SMARTS) is 1. The van der Waals surface area contributed by atoms with Gasteiger partial charge >= 0.3 is 12.0 Å². The number of piperazine rings is 1. The van der Waals surface area contributed by atoms with Gasteiger partial charge < -0.3 is 42.7 Å². The normalized spacial score (nSPS) is 26.2. The number of urea groups is 1. The smallest absolute Gasteiger partial charge is 0.326 e. The Labute approximate surface area is 225 Å². The molecule has 0 aromatic rings. The van der Waals surface area contributed by atoms with Crippen molar-refractivity contribution in [2.24, 2.45) is 22.4 Å². The molecule has 1 fully saturated rings. The summed E-state index contributed by atoms with van der Waals surface area (Å²) in [5.41, 5.74) is 10.9. The molecular weight excluding hydrogens is 516 g/mol. The highest BCUT2D eigenvalue weighted by molar-refractivity contribution is 5.96. The minimum Gasteiger partial charge on any atom is -0.480 e. The fraction of sp³-hybridized carbons (Fsp3) is 0.739. The molecule has 0 bridgehead atoms. The van der Waals surface area contributed by atoms with Gasteiger partial charge in [-0.2, -0.15) is 0 Å². The first-order valence-corrected chi connectivity index (χ1v) is 12.8. The van der Waals surface area contributed by atoms with Gasteiger partial charge in [0.2, 0.25) is 17.7 Å². The SMILES string of the molecule is CC(C)[C@H](NC(=O)[C@H](C)NC(=O)C1N[C@@H](C)C(=O)NC1CCC(O)C(O)CC1CN(C(N)=O)C(N)=N1)C(=O)O. The number of primary amides is 1. The number of nitrogens with two attached hydrogens (primary N) is 2. The monoisotopic (exact) mass is 556 g/mol. The average Bonchev–Trinajstić information content (AvgIpc) is 3.21. The Balaban J connectivity index is 1.97. The number of amides is 5. The highest BCUT2D eigenvalue weighted by Gasteiger charge is 2.39. The Hall–Kier alpha value is -3.50. The maximum absolute atomic E-state index is 13.1. The largest absolute Gasteiger partial charge is 0.480 e. The average molecular weight is 557 g/mol. The van der Waals surface area contributed by atoms with Crippen LogP contribution in [0.2, 0.25) is 0 Å². The molecule has 11 N–H and O–H groups in total. The number of aliphatic carboxylic acids is 1. The molecule has 1 saturated heterocycles. The number of aliphatic imine (C=N–C) groups is 1. The van der Waals surface area contributed by atoms with Gasteiger partial charge in [0.1, 0.15) is 18.1 Å². The number of hydrogen-bond donors (Lipinski definition) is 9. The van der Waals surface area contributed by atoms with E-state index in [4.69, 9.17) is 11.5 Å². The lowest BCUT2D eigenvalue weighted by Crippen LogP contribution is -2.68. The van der Waals surface area contributed by atoms with Crippen LogP contribution in [0.15, 0.2) is 4.99 Å². The van der Waals surface area contributed by atoms with E-state index in [1.807, 2.05) is 0 Å². The van der Waals surface area contributed by atoms with Gasteiger partial charge in [-0.3, -0.25) is 24.6 Å². The van der Waals surface area contributed by atoms with Crippen LogP contribution in [-0.2, 0) is 19.2 Å². The molecule has 8 atom stereocenters. The van der Waals surface area contributed by atoms with Gasteiger partial charge in [-0.1, -0.05) is 13.8 Å². The first-order chi connectivity index (χ1) is 18.1. The van der Waals surface area contributed by atoms with Crippen molar-refractivity contribution >= 4 is 35.7 Å². The molecule has 16 heteroatoms. The predicted molar refractivity (Wildman–Crippen MR) is 138 cm³/mol. The van der Waals surface area contributed by atoms with Crippen LogP contribution in [0.3, 0.4) is 0 Å². The Morgan fingerprint density at radius 2 is 1.79 bits per heavy atom. The number of nitrogens with one attached hydrogen (secondary N) is 4. The topological polar surface area (TPSA) is 262 Å². The first kappa shape index (κ1) is 31.7. The van der Waals surface area contributed by atoms with Crippen LogP contribution in [0.4, 0.5) is 4.79 Å². The number of aliphatic hydroxyl groups excluding tert-OH is 2. The summed E-state index contributed by atoms with van der Waals surface area (Å²) >= 11 is 0. The van der Waals surface area contributed by atoms with Gasteiger partial charge in [0.05, 0.1) is 36.9 Å². The lowest BCUT2D eigenvalue weighted by molar-refractivity contribution is -0.143. The van der Waals surface area contributed by atoms with Crippen molar-refractivity contribution in [3.63, 3.8) is 0 Å². The summed E-state index contributed by atoms with van der Waals surface area (Å²) in [5.74, 6) is -3.30. The third kappa shape index (κ3) is 8.49. The molecule has 0 aromatic carbocycles. The van der Waals surface area contributed by atoms with Gasteiger partial charge in [-0.15, -0.1) is 0 Å². The van der Waals surface area contributed by atoms with Crippen molar-refractivity contribution < 1.29 is 39.3 Å². The number of carboxylic acids is 1. The maximum atomic E-state index is 13.1. The van der Waals surface area contributed by atoms with E-state index < -0.39 is 72.3 Å². The zero-order valence-corrected chi connectivity index (χ0v) is 22.5. The first-order valence-electron chi connectivity index (χ1n) is 12.8. The number of rotatable bonds is 12. The number of guanidine groups is 1. The Bertz CT molecular complexity index is 976. The zero-order valence-electron chi connectivity index (χ0n) is 22.5. The molecule has 0 saturated carbocycles. The number of hydrogen-bond acceptors (Lipinski definition) is 10. The highest BCUT2D eigenvalue weighted by Crippen LogP contribution is 2.18. The van der Waals surface area contributed by atoms with Crippen LogP contribution in [0.1, 0.15) is 47.0 Å². The quantitative estimate of drug-likeness (QED) is 0.115. The van der Waals surface area contributed by atoms with Crippen molar-refractivity contribution in [1.82, 2.24) is 26.2 Å². The van der Waals surface area contributed by atoms with E-state index in [1.165, 1.54) is 6.92 Å². The second kappa shape index (κ2) is 13.5. The molecule has 16 nitrogen and oxygen atoms in total. The molecule has 2 aliphatic rings. The standard InChI is InChI=1S/C23H40N8O8/c1-9(2)16(21(37)38)30-19(35)11(4)27-20(36)17-13(29-18(34)10(3)26-17)5-6-14(32)15(33)7-12-8-31(23(25)39)22(24)28-12/h9-17,26,32-33H,5-8H2,1-4H3,(H2,24,28)(H2,25,39)(H,27,36)(H,29,34)(H,30,35)(H,37,38)/t10-,11-,12?,13?,14?,15?,16-,17?/m0/s1. The third-order valence-corrected chi connectivity index (χ3v) is 6.80. The summed E-state index contributed by atoms with van der Waals surface area (Å²) in [4.78, 5) is 65.7. The van der Waals surface area contributed by atoms with Crippen molar-refractivity contribution in [2.75, 3.05) is 6.54 Å². The van der Waals surface area contributed by atoms with Crippen LogP contribution in [0.25, 0.3) is 0 Å². The number of aliphatic hydroxyl groups is 2.